The molecule has 88 valence electrons. The molecule has 0 fully saturated rings. The van der Waals surface area contributed by atoms with Crippen molar-refractivity contribution in [3.8, 4) is 0 Å². The van der Waals surface area contributed by atoms with Crippen molar-refractivity contribution in [1.29, 1.82) is 0 Å². The number of nitrogens with one attached hydrogen (secondary N) is 1. The highest BCUT2D eigenvalue weighted by molar-refractivity contribution is 5.87. The molecule has 0 spiro atoms. The molecule has 6 heteroatoms. The van der Waals surface area contributed by atoms with Gasteiger partial charge in [0.05, 0.1) is 12.3 Å². The summed E-state index contributed by atoms with van der Waals surface area (Å²) in [5, 5.41) is 0. The lowest BCUT2D eigenvalue weighted by atomic mass is 10.2. The van der Waals surface area contributed by atoms with Gasteiger partial charge in [-0.05, 0) is 13.8 Å². The number of ether oxygens (including phenoxy) is 1. The predicted octanol–water partition coefficient (Wildman–Crippen LogP) is 1.80. The number of esters is 1. The molecule has 0 amide bonds. The average Bonchev–Trinajstić information content (AvgIpc) is 2.21. The topological polar surface area (TPSA) is 59.2 Å². The Bertz CT molecular complexity index is 454. The highest BCUT2D eigenvalue weighted by Crippen LogP contribution is 2.18. The van der Waals surface area contributed by atoms with Crippen LogP contribution in [0.1, 0.15) is 35.1 Å². The van der Waals surface area contributed by atoms with Crippen molar-refractivity contribution >= 4 is 5.97 Å². The Morgan fingerprint density at radius 2 is 2.19 bits per heavy atom. The Labute approximate surface area is 90.2 Å². The predicted molar refractivity (Wildman–Crippen MR) is 52.7 cm³/mol. The summed E-state index contributed by atoms with van der Waals surface area (Å²) in [6.07, 6.45) is -2.83. The third-order valence-electron chi connectivity index (χ3n) is 2.03. The highest BCUT2D eigenvalue weighted by Gasteiger charge is 2.17. The van der Waals surface area contributed by atoms with Gasteiger partial charge in [0.15, 0.2) is 5.43 Å². The molecule has 0 aliphatic heterocycles. The molecule has 0 radical (unpaired) electrons. The smallest absolute Gasteiger partial charge is 0.354 e. The number of rotatable bonds is 3. The molecule has 1 N–H and O–H groups in total. The summed E-state index contributed by atoms with van der Waals surface area (Å²) in [7, 11) is 0. The fourth-order valence-corrected chi connectivity index (χ4v) is 1.18. The van der Waals surface area contributed by atoms with Crippen LogP contribution in [0.2, 0.25) is 0 Å². The maximum Gasteiger partial charge on any atom is 0.354 e. The van der Waals surface area contributed by atoms with E-state index in [9.17, 15) is 18.4 Å². The van der Waals surface area contributed by atoms with Crippen molar-refractivity contribution in [1.82, 2.24) is 4.98 Å². The molecule has 0 saturated carbocycles. The number of hydrogen-bond acceptors (Lipinski definition) is 3. The van der Waals surface area contributed by atoms with E-state index in [4.69, 9.17) is 0 Å². The van der Waals surface area contributed by atoms with Gasteiger partial charge in [0.1, 0.15) is 5.69 Å². The summed E-state index contributed by atoms with van der Waals surface area (Å²) in [5.41, 5.74) is -1.51. The number of aromatic nitrogens is 1. The average molecular weight is 231 g/mol. The monoisotopic (exact) mass is 231 g/mol. The first kappa shape index (κ1) is 12.4. The minimum atomic E-state index is -2.83. The van der Waals surface area contributed by atoms with Gasteiger partial charge in [0, 0.05) is 11.6 Å². The molecule has 0 aliphatic rings. The summed E-state index contributed by atoms with van der Waals surface area (Å²) in [6, 6.07) is 0.958. The Balaban J connectivity index is 3.24. The van der Waals surface area contributed by atoms with Gasteiger partial charge in [-0.2, -0.15) is 0 Å². The first-order valence-electron chi connectivity index (χ1n) is 4.66. The van der Waals surface area contributed by atoms with E-state index in [0.717, 1.165) is 6.07 Å². The Morgan fingerprint density at radius 1 is 1.56 bits per heavy atom. The van der Waals surface area contributed by atoms with E-state index in [1.165, 1.54) is 6.92 Å². The van der Waals surface area contributed by atoms with E-state index in [1.807, 2.05) is 0 Å². The zero-order chi connectivity index (χ0) is 12.3. The minimum absolute atomic E-state index is 0.0944. The number of pyridine rings is 1. The number of carbonyl (C=O) groups excluding carboxylic acids is 1. The summed E-state index contributed by atoms with van der Waals surface area (Å²) >= 11 is 0. The lowest BCUT2D eigenvalue weighted by molar-refractivity contribution is 0.0517. The Kier molecular flexibility index (Phi) is 3.76. The van der Waals surface area contributed by atoms with Crippen molar-refractivity contribution in [2.24, 2.45) is 0 Å². The van der Waals surface area contributed by atoms with Crippen LogP contribution in [0, 0.1) is 6.92 Å². The second-order valence-electron chi connectivity index (χ2n) is 3.11. The number of halogens is 2. The van der Waals surface area contributed by atoms with Crippen LogP contribution in [0.25, 0.3) is 0 Å². The Hall–Kier alpha value is -1.72. The van der Waals surface area contributed by atoms with E-state index in [1.54, 1.807) is 6.92 Å². The van der Waals surface area contributed by atoms with Crippen molar-refractivity contribution in [2.75, 3.05) is 6.61 Å². The van der Waals surface area contributed by atoms with Crippen LogP contribution < -0.4 is 5.43 Å². The molecule has 0 atom stereocenters. The second kappa shape index (κ2) is 4.87. The van der Waals surface area contributed by atoms with E-state index in [0.29, 0.717) is 0 Å². The van der Waals surface area contributed by atoms with Gasteiger partial charge in [-0.25, -0.2) is 13.6 Å². The molecule has 0 aliphatic carbocycles. The summed E-state index contributed by atoms with van der Waals surface area (Å²) in [4.78, 5) is 24.8. The first-order chi connectivity index (χ1) is 7.47. The van der Waals surface area contributed by atoms with E-state index in [-0.39, 0.29) is 17.9 Å². The summed E-state index contributed by atoms with van der Waals surface area (Å²) < 4.78 is 29.6. The van der Waals surface area contributed by atoms with Crippen LogP contribution in [0.3, 0.4) is 0 Å². The van der Waals surface area contributed by atoms with Gasteiger partial charge in [0.2, 0.25) is 0 Å². The molecular formula is C10H11F2NO3. The largest absolute Gasteiger partial charge is 0.461 e. The van der Waals surface area contributed by atoms with Crippen LogP contribution in [0.4, 0.5) is 8.78 Å². The van der Waals surface area contributed by atoms with Crippen LogP contribution in [-0.4, -0.2) is 17.6 Å². The number of H-pyrrole nitrogens is 1. The number of aromatic amines is 1. The van der Waals surface area contributed by atoms with Crippen molar-refractivity contribution < 1.29 is 18.3 Å². The van der Waals surface area contributed by atoms with E-state index < -0.39 is 23.5 Å². The van der Waals surface area contributed by atoms with Crippen molar-refractivity contribution in [3.63, 3.8) is 0 Å². The molecule has 0 saturated heterocycles. The molecule has 1 aromatic heterocycles. The van der Waals surface area contributed by atoms with E-state index >= 15 is 0 Å². The third-order valence-corrected chi connectivity index (χ3v) is 2.03. The lowest BCUT2D eigenvalue weighted by Crippen LogP contribution is -2.17. The van der Waals surface area contributed by atoms with Crippen molar-refractivity contribution in [2.45, 2.75) is 20.3 Å². The quantitative estimate of drug-likeness (QED) is 0.807. The van der Waals surface area contributed by atoms with Crippen LogP contribution in [-0.2, 0) is 4.74 Å². The third kappa shape index (κ3) is 2.44. The molecule has 16 heavy (non-hydrogen) atoms. The van der Waals surface area contributed by atoms with E-state index in [2.05, 4.69) is 9.72 Å². The minimum Gasteiger partial charge on any atom is -0.461 e. The van der Waals surface area contributed by atoms with Crippen LogP contribution in [0.15, 0.2) is 10.9 Å². The summed E-state index contributed by atoms with van der Waals surface area (Å²) in [5.74, 6) is -0.818. The van der Waals surface area contributed by atoms with Crippen LogP contribution in [0.5, 0.6) is 0 Å². The van der Waals surface area contributed by atoms with Crippen LogP contribution >= 0.6 is 0 Å². The fraction of sp³-hybridized carbons (Fsp3) is 0.400. The van der Waals surface area contributed by atoms with Gasteiger partial charge < -0.3 is 9.72 Å². The Morgan fingerprint density at radius 3 is 2.69 bits per heavy atom. The lowest BCUT2D eigenvalue weighted by Gasteiger charge is -2.07. The van der Waals surface area contributed by atoms with Crippen molar-refractivity contribution in [3.05, 3.63) is 33.2 Å². The molecule has 1 rings (SSSR count). The van der Waals surface area contributed by atoms with Gasteiger partial charge in [-0.3, -0.25) is 4.79 Å². The molecule has 0 unspecified atom stereocenters. The summed E-state index contributed by atoms with van der Waals surface area (Å²) in [6.45, 7) is 2.96. The molecule has 0 bridgehead atoms. The number of hydrogen-bond donors (Lipinski definition) is 1. The maximum atomic E-state index is 12.5. The van der Waals surface area contributed by atoms with Gasteiger partial charge >= 0.3 is 5.97 Å². The highest BCUT2D eigenvalue weighted by atomic mass is 19.3. The maximum absolute atomic E-state index is 12.5. The second-order valence-corrected chi connectivity index (χ2v) is 3.11. The SMILES string of the molecule is CCOC(=O)c1cc(=O)c(C)c(C(F)F)[nH]1. The molecule has 1 aromatic rings. The number of carbonyl (C=O) groups is 1. The zero-order valence-electron chi connectivity index (χ0n) is 8.84. The standard InChI is InChI=1S/C10H11F2NO3/c1-3-16-10(15)6-4-7(14)5(2)8(13-6)9(11)12/h4,9H,3H2,1-2H3,(H,13,14). The van der Waals surface area contributed by atoms with Gasteiger partial charge in [-0.15, -0.1) is 0 Å². The fourth-order valence-electron chi connectivity index (χ4n) is 1.18. The first-order valence-corrected chi connectivity index (χ1v) is 4.66. The molecule has 1 heterocycles. The molecule has 4 nitrogen and oxygen atoms in total. The normalized spacial score (nSPS) is 10.6. The van der Waals surface area contributed by atoms with Gasteiger partial charge in [-0.1, -0.05) is 0 Å². The van der Waals surface area contributed by atoms with Gasteiger partial charge in [0.25, 0.3) is 6.43 Å². The molecular weight excluding hydrogens is 220 g/mol. The molecule has 0 aromatic carbocycles. The zero-order valence-corrected chi connectivity index (χ0v) is 8.84. The number of alkyl halides is 2.